The molecule has 0 saturated carbocycles. The van der Waals surface area contributed by atoms with E-state index in [2.05, 4.69) is 10.1 Å². The number of nitrogens with one attached hydrogen (secondary N) is 1. The Labute approximate surface area is 167 Å². The molecular formula is C21H20F2N2O4. The summed E-state index contributed by atoms with van der Waals surface area (Å²) < 4.78 is 39.9. The fourth-order valence-corrected chi connectivity index (χ4v) is 2.58. The van der Waals surface area contributed by atoms with Crippen LogP contribution in [0.5, 0.6) is 17.2 Å². The molecule has 6 nitrogen and oxygen atoms in total. The molecule has 1 N–H and O–H groups in total. The Balaban J connectivity index is 2.40. The van der Waals surface area contributed by atoms with Crippen molar-refractivity contribution in [3.8, 4) is 23.3 Å². The monoisotopic (exact) mass is 402 g/mol. The van der Waals surface area contributed by atoms with Gasteiger partial charge in [-0.3, -0.25) is 4.79 Å². The molecule has 0 atom stereocenters. The van der Waals surface area contributed by atoms with Crippen molar-refractivity contribution in [3.05, 3.63) is 52.6 Å². The van der Waals surface area contributed by atoms with Crippen LogP contribution in [0.2, 0.25) is 0 Å². The van der Waals surface area contributed by atoms with E-state index in [1.807, 2.05) is 26.0 Å². The minimum absolute atomic E-state index is 0.0249. The van der Waals surface area contributed by atoms with Crippen molar-refractivity contribution in [2.75, 3.05) is 19.5 Å². The molecule has 29 heavy (non-hydrogen) atoms. The third-order valence-corrected chi connectivity index (χ3v) is 4.22. The first-order chi connectivity index (χ1) is 13.8. The van der Waals surface area contributed by atoms with Crippen LogP contribution >= 0.6 is 0 Å². The van der Waals surface area contributed by atoms with Crippen LogP contribution < -0.4 is 19.5 Å². The summed E-state index contributed by atoms with van der Waals surface area (Å²) in [4.78, 5) is 12.5. The van der Waals surface area contributed by atoms with Gasteiger partial charge in [0.05, 0.1) is 14.2 Å². The van der Waals surface area contributed by atoms with E-state index in [0.29, 0.717) is 11.3 Å². The molecule has 0 heterocycles. The topological polar surface area (TPSA) is 80.6 Å². The number of amides is 1. The Kier molecular flexibility index (Phi) is 7.15. The Bertz CT molecular complexity index is 956. The minimum Gasteiger partial charge on any atom is -0.493 e. The van der Waals surface area contributed by atoms with E-state index in [4.69, 9.17) is 9.47 Å². The van der Waals surface area contributed by atoms with E-state index < -0.39 is 12.5 Å². The van der Waals surface area contributed by atoms with Crippen molar-refractivity contribution in [1.29, 1.82) is 5.26 Å². The van der Waals surface area contributed by atoms with Crippen LogP contribution in [0.15, 0.2) is 35.9 Å². The maximum Gasteiger partial charge on any atom is 0.387 e. The van der Waals surface area contributed by atoms with E-state index >= 15 is 0 Å². The molecular weight excluding hydrogens is 382 g/mol. The molecule has 0 fully saturated rings. The summed E-state index contributed by atoms with van der Waals surface area (Å²) in [5.41, 5.74) is 2.63. The van der Waals surface area contributed by atoms with Crippen molar-refractivity contribution in [3.63, 3.8) is 0 Å². The largest absolute Gasteiger partial charge is 0.493 e. The van der Waals surface area contributed by atoms with Gasteiger partial charge in [0, 0.05) is 5.69 Å². The molecule has 0 saturated heterocycles. The van der Waals surface area contributed by atoms with Crippen LogP contribution in [0.4, 0.5) is 14.5 Å². The lowest BCUT2D eigenvalue weighted by Gasteiger charge is -2.15. The van der Waals surface area contributed by atoms with Crippen molar-refractivity contribution in [2.24, 2.45) is 0 Å². The SMILES string of the molecule is COc1cc(/C=C(\C#N)C(=O)Nc2cccc(C)c2C)cc(OC)c1OC(F)F. The molecule has 0 unspecified atom stereocenters. The summed E-state index contributed by atoms with van der Waals surface area (Å²) in [5.74, 6) is -0.932. The maximum atomic E-state index is 12.7. The van der Waals surface area contributed by atoms with Gasteiger partial charge in [0.15, 0.2) is 11.5 Å². The number of alkyl halides is 2. The lowest BCUT2D eigenvalue weighted by molar-refractivity contribution is -0.112. The molecule has 2 rings (SSSR count). The van der Waals surface area contributed by atoms with E-state index in [1.165, 1.54) is 32.4 Å². The number of halogens is 2. The van der Waals surface area contributed by atoms with Gasteiger partial charge in [-0.25, -0.2) is 0 Å². The highest BCUT2D eigenvalue weighted by Gasteiger charge is 2.19. The highest BCUT2D eigenvalue weighted by atomic mass is 19.3. The van der Waals surface area contributed by atoms with Crippen LogP contribution in [0.1, 0.15) is 16.7 Å². The lowest BCUT2D eigenvalue weighted by atomic mass is 10.1. The molecule has 0 aliphatic carbocycles. The molecule has 0 radical (unpaired) electrons. The van der Waals surface area contributed by atoms with Crippen LogP contribution in [-0.2, 0) is 4.79 Å². The number of carbonyl (C=O) groups is 1. The van der Waals surface area contributed by atoms with Gasteiger partial charge in [0.1, 0.15) is 11.6 Å². The van der Waals surface area contributed by atoms with Gasteiger partial charge in [0.25, 0.3) is 5.91 Å². The van der Waals surface area contributed by atoms with Gasteiger partial charge in [0.2, 0.25) is 5.75 Å². The lowest BCUT2D eigenvalue weighted by Crippen LogP contribution is -2.14. The van der Waals surface area contributed by atoms with Crippen molar-refractivity contribution in [1.82, 2.24) is 0 Å². The molecule has 1 amide bonds. The van der Waals surface area contributed by atoms with Gasteiger partial charge in [-0.05, 0) is 54.8 Å². The van der Waals surface area contributed by atoms with Gasteiger partial charge >= 0.3 is 6.61 Å². The second kappa shape index (κ2) is 9.55. The number of ether oxygens (including phenoxy) is 3. The number of carbonyl (C=O) groups excluding carboxylic acids is 1. The Morgan fingerprint density at radius 2 is 1.79 bits per heavy atom. The Hall–Kier alpha value is -3.60. The smallest absolute Gasteiger partial charge is 0.387 e. The number of methoxy groups -OCH3 is 2. The predicted molar refractivity (Wildman–Crippen MR) is 104 cm³/mol. The summed E-state index contributed by atoms with van der Waals surface area (Å²) in [6, 6.07) is 10.0. The number of benzene rings is 2. The summed E-state index contributed by atoms with van der Waals surface area (Å²) >= 11 is 0. The van der Waals surface area contributed by atoms with Crippen LogP contribution in [0.3, 0.4) is 0 Å². The molecule has 0 bridgehead atoms. The molecule has 0 aliphatic rings. The van der Waals surface area contributed by atoms with E-state index in [1.54, 1.807) is 12.1 Å². The summed E-state index contributed by atoms with van der Waals surface area (Å²) in [5, 5.41) is 12.1. The highest BCUT2D eigenvalue weighted by molar-refractivity contribution is 6.10. The fraction of sp³-hybridized carbons (Fsp3) is 0.238. The normalized spacial score (nSPS) is 11.0. The second-order valence-corrected chi connectivity index (χ2v) is 6.00. The predicted octanol–water partition coefficient (Wildman–Crippen LogP) is 4.47. The number of hydrogen-bond acceptors (Lipinski definition) is 5. The summed E-state index contributed by atoms with van der Waals surface area (Å²) in [6.45, 7) is 0.698. The third kappa shape index (κ3) is 5.23. The Morgan fingerprint density at radius 1 is 1.17 bits per heavy atom. The Morgan fingerprint density at radius 3 is 2.31 bits per heavy atom. The zero-order valence-electron chi connectivity index (χ0n) is 16.4. The van der Waals surface area contributed by atoms with Crippen LogP contribution in [0, 0.1) is 25.2 Å². The zero-order chi connectivity index (χ0) is 21.6. The maximum absolute atomic E-state index is 12.7. The first-order valence-electron chi connectivity index (χ1n) is 8.50. The molecule has 0 spiro atoms. The van der Waals surface area contributed by atoms with Gasteiger partial charge in [-0.2, -0.15) is 14.0 Å². The zero-order valence-corrected chi connectivity index (χ0v) is 16.4. The van der Waals surface area contributed by atoms with E-state index in [-0.39, 0.29) is 22.8 Å². The average Bonchev–Trinajstić information content (AvgIpc) is 2.69. The van der Waals surface area contributed by atoms with Gasteiger partial charge in [-0.15, -0.1) is 0 Å². The molecule has 2 aromatic rings. The quantitative estimate of drug-likeness (QED) is 0.546. The number of nitriles is 1. The molecule has 0 aromatic heterocycles. The van der Waals surface area contributed by atoms with Crippen molar-refractivity contribution in [2.45, 2.75) is 20.5 Å². The number of hydrogen-bond donors (Lipinski definition) is 1. The minimum atomic E-state index is -3.07. The van der Waals surface area contributed by atoms with E-state index in [9.17, 15) is 18.8 Å². The average molecular weight is 402 g/mol. The standard InChI is InChI=1S/C21H20F2N2O4/c1-12-6-5-7-16(13(12)2)25-20(26)15(11-24)8-14-9-17(27-3)19(29-21(22)23)18(10-14)28-4/h5-10,21H,1-4H3,(H,25,26)/b15-8+. The highest BCUT2D eigenvalue weighted by Crippen LogP contribution is 2.40. The van der Waals surface area contributed by atoms with Crippen LogP contribution in [0.25, 0.3) is 6.08 Å². The molecule has 152 valence electrons. The fourth-order valence-electron chi connectivity index (χ4n) is 2.58. The number of aryl methyl sites for hydroxylation is 1. The van der Waals surface area contributed by atoms with Crippen molar-refractivity contribution < 1.29 is 27.8 Å². The third-order valence-electron chi connectivity index (χ3n) is 4.22. The van der Waals surface area contributed by atoms with Gasteiger partial charge in [-0.1, -0.05) is 12.1 Å². The van der Waals surface area contributed by atoms with Gasteiger partial charge < -0.3 is 19.5 Å². The first kappa shape index (κ1) is 21.7. The summed E-state index contributed by atoms with van der Waals surface area (Å²) in [7, 11) is 2.55. The second-order valence-electron chi connectivity index (χ2n) is 6.00. The number of rotatable bonds is 7. The number of nitrogens with zero attached hydrogens (tertiary/aromatic N) is 1. The van der Waals surface area contributed by atoms with E-state index in [0.717, 1.165) is 11.1 Å². The van der Waals surface area contributed by atoms with Crippen molar-refractivity contribution >= 4 is 17.7 Å². The summed E-state index contributed by atoms with van der Waals surface area (Å²) in [6.07, 6.45) is 1.30. The van der Waals surface area contributed by atoms with Crippen LogP contribution in [-0.4, -0.2) is 26.7 Å². The molecule has 0 aliphatic heterocycles. The molecule has 8 heteroatoms. The first-order valence-corrected chi connectivity index (χ1v) is 8.50. The molecule has 2 aromatic carbocycles. The number of anilines is 1.